The molecule has 2 aromatic rings. The highest BCUT2D eigenvalue weighted by Crippen LogP contribution is 2.40. The summed E-state index contributed by atoms with van der Waals surface area (Å²) in [5, 5.41) is 0. The molecule has 0 saturated heterocycles. The number of nitrogens with one attached hydrogen (secondary N) is 1. The molecule has 2 heterocycles. The average Bonchev–Trinajstić information content (AvgIpc) is 2.91. The first kappa shape index (κ1) is 10.0. The number of fused-ring (bicyclic) bond motifs is 1. The van der Waals surface area contributed by atoms with Crippen LogP contribution in [0.15, 0.2) is 24.5 Å². The number of aromatic amines is 1. The van der Waals surface area contributed by atoms with Gasteiger partial charge in [-0.25, -0.2) is 4.98 Å². The third-order valence-corrected chi connectivity index (χ3v) is 2.62. The maximum atomic E-state index is 5.54. The zero-order valence-electron chi connectivity index (χ0n) is 9.40. The first-order chi connectivity index (χ1) is 8.38. The molecule has 1 aliphatic rings. The summed E-state index contributed by atoms with van der Waals surface area (Å²) in [6.45, 7) is 1.13. The summed E-state index contributed by atoms with van der Waals surface area (Å²) >= 11 is 0. The monoisotopic (exact) mass is 232 g/mol. The Hall–Kier alpha value is -2.17. The molecule has 1 aliphatic heterocycles. The van der Waals surface area contributed by atoms with Crippen molar-refractivity contribution in [3.8, 4) is 28.6 Å². The van der Waals surface area contributed by atoms with Crippen LogP contribution in [0, 0.1) is 0 Å². The van der Waals surface area contributed by atoms with E-state index in [0.717, 1.165) is 17.1 Å². The zero-order chi connectivity index (χ0) is 11.7. The predicted molar refractivity (Wildman–Crippen MR) is 61.6 cm³/mol. The molecule has 0 amide bonds. The van der Waals surface area contributed by atoms with Crippen LogP contribution >= 0.6 is 0 Å². The second-order valence-corrected chi connectivity index (χ2v) is 3.63. The van der Waals surface area contributed by atoms with E-state index in [-0.39, 0.29) is 0 Å². The van der Waals surface area contributed by atoms with Gasteiger partial charge in [-0.05, 0) is 6.07 Å². The van der Waals surface area contributed by atoms with E-state index in [2.05, 4.69) is 9.97 Å². The molecule has 0 unspecified atom stereocenters. The lowest BCUT2D eigenvalue weighted by atomic mass is 10.1. The van der Waals surface area contributed by atoms with Gasteiger partial charge in [-0.1, -0.05) is 0 Å². The average molecular weight is 232 g/mol. The Kier molecular flexibility index (Phi) is 2.36. The molecule has 88 valence electrons. The predicted octanol–water partition coefficient (Wildman–Crippen LogP) is 1.86. The minimum Gasteiger partial charge on any atom is -0.496 e. The largest absolute Gasteiger partial charge is 0.496 e. The van der Waals surface area contributed by atoms with Gasteiger partial charge in [-0.2, -0.15) is 0 Å². The van der Waals surface area contributed by atoms with Gasteiger partial charge >= 0.3 is 0 Å². The highest BCUT2D eigenvalue weighted by molar-refractivity contribution is 5.69. The Balaban J connectivity index is 2.13. The number of imidazole rings is 1. The van der Waals surface area contributed by atoms with Crippen LogP contribution < -0.4 is 14.2 Å². The first-order valence-corrected chi connectivity index (χ1v) is 5.36. The van der Waals surface area contributed by atoms with Gasteiger partial charge in [-0.3, -0.25) is 0 Å². The van der Waals surface area contributed by atoms with Crippen molar-refractivity contribution >= 4 is 0 Å². The van der Waals surface area contributed by atoms with E-state index in [4.69, 9.17) is 14.2 Å². The summed E-state index contributed by atoms with van der Waals surface area (Å²) in [6, 6.07) is 3.71. The van der Waals surface area contributed by atoms with Crippen LogP contribution in [0.5, 0.6) is 17.2 Å². The molecule has 17 heavy (non-hydrogen) atoms. The summed E-state index contributed by atoms with van der Waals surface area (Å²) in [7, 11) is 1.62. The Labute approximate surface area is 98.3 Å². The normalized spacial score (nSPS) is 13.5. The summed E-state index contributed by atoms with van der Waals surface area (Å²) in [6.07, 6.45) is 3.47. The van der Waals surface area contributed by atoms with Crippen molar-refractivity contribution in [2.75, 3.05) is 20.3 Å². The van der Waals surface area contributed by atoms with Crippen molar-refractivity contribution in [2.45, 2.75) is 0 Å². The fourth-order valence-corrected chi connectivity index (χ4v) is 1.84. The number of nitrogens with zero attached hydrogens (tertiary/aromatic N) is 1. The second kappa shape index (κ2) is 4.01. The third kappa shape index (κ3) is 1.69. The number of benzene rings is 1. The number of ether oxygens (including phenoxy) is 3. The Bertz CT molecular complexity index is 523. The molecule has 0 spiro atoms. The highest BCUT2D eigenvalue weighted by Gasteiger charge is 2.18. The number of hydrogen-bond donors (Lipinski definition) is 1. The van der Waals surface area contributed by atoms with Crippen molar-refractivity contribution < 1.29 is 14.2 Å². The van der Waals surface area contributed by atoms with Gasteiger partial charge in [0, 0.05) is 18.5 Å². The van der Waals surface area contributed by atoms with Gasteiger partial charge in [0.1, 0.15) is 24.8 Å². The lowest BCUT2D eigenvalue weighted by molar-refractivity contribution is 0.171. The maximum absolute atomic E-state index is 5.54. The topological polar surface area (TPSA) is 56.4 Å². The lowest BCUT2D eigenvalue weighted by Crippen LogP contribution is -2.15. The van der Waals surface area contributed by atoms with Crippen molar-refractivity contribution in [1.82, 2.24) is 9.97 Å². The van der Waals surface area contributed by atoms with E-state index in [0.29, 0.717) is 24.7 Å². The maximum Gasteiger partial charge on any atom is 0.165 e. The molecule has 0 fully saturated rings. The molecule has 1 aromatic carbocycles. The number of rotatable bonds is 2. The van der Waals surface area contributed by atoms with Gasteiger partial charge < -0.3 is 19.2 Å². The molecule has 1 N–H and O–H groups in total. The molecule has 3 rings (SSSR count). The van der Waals surface area contributed by atoms with E-state index in [1.807, 2.05) is 12.1 Å². The molecule has 1 aromatic heterocycles. The third-order valence-electron chi connectivity index (χ3n) is 2.62. The molecule has 0 saturated carbocycles. The molecule has 0 radical (unpaired) electrons. The van der Waals surface area contributed by atoms with Gasteiger partial charge in [0.05, 0.1) is 12.7 Å². The molecule has 5 heteroatoms. The fraction of sp³-hybridized carbons (Fsp3) is 0.250. The number of H-pyrrole nitrogens is 1. The smallest absolute Gasteiger partial charge is 0.165 e. The van der Waals surface area contributed by atoms with Gasteiger partial charge in [0.2, 0.25) is 0 Å². The number of hydrogen-bond acceptors (Lipinski definition) is 4. The minimum absolute atomic E-state index is 0.566. The molecule has 0 aliphatic carbocycles. The van der Waals surface area contributed by atoms with Crippen LogP contribution in [0.4, 0.5) is 0 Å². The molecular formula is C12H12N2O3. The van der Waals surface area contributed by atoms with E-state index < -0.39 is 0 Å². The molecular weight excluding hydrogens is 220 g/mol. The van der Waals surface area contributed by atoms with E-state index in [9.17, 15) is 0 Å². The van der Waals surface area contributed by atoms with Gasteiger partial charge in [0.15, 0.2) is 11.5 Å². The molecule has 0 atom stereocenters. The van der Waals surface area contributed by atoms with Crippen molar-refractivity contribution in [3.05, 3.63) is 24.5 Å². The van der Waals surface area contributed by atoms with Crippen molar-refractivity contribution in [2.24, 2.45) is 0 Å². The van der Waals surface area contributed by atoms with Gasteiger partial charge in [-0.15, -0.1) is 0 Å². The van der Waals surface area contributed by atoms with Gasteiger partial charge in [0.25, 0.3) is 0 Å². The number of methoxy groups -OCH3 is 1. The Morgan fingerprint density at radius 3 is 2.65 bits per heavy atom. The molecule has 5 nitrogen and oxygen atoms in total. The van der Waals surface area contributed by atoms with Crippen LogP contribution in [0.3, 0.4) is 0 Å². The molecule has 0 bridgehead atoms. The van der Waals surface area contributed by atoms with Crippen molar-refractivity contribution in [1.29, 1.82) is 0 Å². The Morgan fingerprint density at radius 2 is 2.00 bits per heavy atom. The summed E-state index contributed by atoms with van der Waals surface area (Å²) in [4.78, 5) is 7.26. The van der Waals surface area contributed by atoms with E-state index in [1.54, 1.807) is 19.5 Å². The van der Waals surface area contributed by atoms with Crippen LogP contribution in [-0.2, 0) is 0 Å². The van der Waals surface area contributed by atoms with Crippen LogP contribution in [0.2, 0.25) is 0 Å². The SMILES string of the molecule is COc1cc2c(cc1-c1ncc[nH]1)OCCO2. The Morgan fingerprint density at radius 1 is 1.24 bits per heavy atom. The standard InChI is InChI=1S/C12H12N2O3/c1-15-9-7-11-10(16-4-5-17-11)6-8(9)12-13-2-3-14-12/h2-3,6-7H,4-5H2,1H3,(H,13,14). The van der Waals surface area contributed by atoms with Crippen LogP contribution in [0.25, 0.3) is 11.4 Å². The lowest BCUT2D eigenvalue weighted by Gasteiger charge is -2.20. The van der Waals surface area contributed by atoms with Crippen molar-refractivity contribution in [3.63, 3.8) is 0 Å². The zero-order valence-corrected chi connectivity index (χ0v) is 9.40. The van der Waals surface area contributed by atoms with Crippen LogP contribution in [-0.4, -0.2) is 30.3 Å². The summed E-state index contributed by atoms with van der Waals surface area (Å²) in [5.74, 6) is 2.90. The number of aromatic nitrogens is 2. The van der Waals surface area contributed by atoms with Crippen LogP contribution in [0.1, 0.15) is 0 Å². The quantitative estimate of drug-likeness (QED) is 0.858. The summed E-state index contributed by atoms with van der Waals surface area (Å²) < 4.78 is 16.4. The second-order valence-electron chi connectivity index (χ2n) is 3.63. The minimum atomic E-state index is 0.566. The van der Waals surface area contributed by atoms with E-state index in [1.165, 1.54) is 0 Å². The first-order valence-electron chi connectivity index (χ1n) is 5.36. The summed E-state index contributed by atoms with van der Waals surface area (Å²) in [5.41, 5.74) is 0.863. The highest BCUT2D eigenvalue weighted by atomic mass is 16.6. The fourth-order valence-electron chi connectivity index (χ4n) is 1.84. The van der Waals surface area contributed by atoms with E-state index >= 15 is 0 Å².